The van der Waals surface area contributed by atoms with E-state index in [9.17, 15) is 14.4 Å². The Balaban J connectivity index is 1.52. The summed E-state index contributed by atoms with van der Waals surface area (Å²) >= 11 is 0. The molecular formula is C24H36N6O3. The van der Waals surface area contributed by atoms with Crippen LogP contribution in [-0.2, 0) is 0 Å². The average Bonchev–Trinajstić information content (AvgIpc) is 2.85. The van der Waals surface area contributed by atoms with Gasteiger partial charge in [0.05, 0.1) is 0 Å². The summed E-state index contributed by atoms with van der Waals surface area (Å²) < 4.78 is 0. The number of nitrogens with one attached hydrogen (secondary N) is 3. The number of nitrogens with zero attached hydrogens (tertiary/aromatic N) is 3. The van der Waals surface area contributed by atoms with Gasteiger partial charge in [-0.2, -0.15) is 15.0 Å². The van der Waals surface area contributed by atoms with Gasteiger partial charge in [-0.05, 0) is 38.5 Å². The highest BCUT2D eigenvalue weighted by Crippen LogP contribution is 2.19. The normalized spacial score (nSPS) is 20.7. The van der Waals surface area contributed by atoms with Crippen LogP contribution in [0.4, 0.5) is 0 Å². The number of aromatic nitrogens is 3. The van der Waals surface area contributed by atoms with Crippen LogP contribution in [0.15, 0.2) is 0 Å². The van der Waals surface area contributed by atoms with Gasteiger partial charge >= 0.3 is 0 Å². The summed E-state index contributed by atoms with van der Waals surface area (Å²) in [6, 6.07) is 0.214. The Bertz CT molecular complexity index is 721. The van der Waals surface area contributed by atoms with Gasteiger partial charge in [0.25, 0.3) is 17.7 Å². The van der Waals surface area contributed by atoms with E-state index in [0.29, 0.717) is 0 Å². The fraction of sp³-hybridized carbons (Fsp3) is 0.750. The lowest BCUT2D eigenvalue weighted by Crippen LogP contribution is -2.41. The smallest absolute Gasteiger partial charge is 0.289 e. The monoisotopic (exact) mass is 456 g/mol. The van der Waals surface area contributed by atoms with Gasteiger partial charge in [0, 0.05) is 18.1 Å². The van der Waals surface area contributed by atoms with Crippen molar-refractivity contribution < 1.29 is 14.4 Å². The van der Waals surface area contributed by atoms with Gasteiger partial charge in [0.15, 0.2) is 0 Å². The summed E-state index contributed by atoms with van der Waals surface area (Å²) in [6.07, 6.45) is 15.5. The minimum Gasteiger partial charge on any atom is -0.347 e. The molecule has 0 radical (unpaired) electrons. The second kappa shape index (κ2) is 11.5. The SMILES string of the molecule is O=C(NC1CCCCC1)c1nc(C(=O)NC2CCCCC2)nc(C(=O)NC2CCCCC2)n1. The molecule has 3 amide bonds. The van der Waals surface area contributed by atoms with Crippen molar-refractivity contribution in [3.8, 4) is 0 Å². The largest absolute Gasteiger partial charge is 0.347 e. The molecule has 33 heavy (non-hydrogen) atoms. The van der Waals surface area contributed by atoms with Gasteiger partial charge in [-0.1, -0.05) is 57.8 Å². The van der Waals surface area contributed by atoms with Crippen molar-refractivity contribution in [2.45, 2.75) is 114 Å². The summed E-state index contributed by atoms with van der Waals surface area (Å²) in [4.78, 5) is 51.2. The molecule has 0 aliphatic heterocycles. The van der Waals surface area contributed by atoms with E-state index < -0.39 is 17.7 Å². The Hall–Kier alpha value is -2.58. The Morgan fingerprint density at radius 3 is 0.939 bits per heavy atom. The fourth-order valence-electron chi connectivity index (χ4n) is 5.17. The molecule has 0 bridgehead atoms. The number of hydrogen-bond donors (Lipinski definition) is 3. The molecular weight excluding hydrogens is 420 g/mol. The van der Waals surface area contributed by atoms with Crippen LogP contribution in [0.3, 0.4) is 0 Å². The highest BCUT2D eigenvalue weighted by atomic mass is 16.2. The Labute approximate surface area is 195 Å². The van der Waals surface area contributed by atoms with Crippen LogP contribution < -0.4 is 16.0 Å². The molecule has 1 aromatic rings. The van der Waals surface area contributed by atoms with Crippen molar-refractivity contribution in [3.63, 3.8) is 0 Å². The van der Waals surface area contributed by atoms with Crippen molar-refractivity contribution >= 4 is 17.7 Å². The lowest BCUT2D eigenvalue weighted by Gasteiger charge is -2.23. The molecule has 0 spiro atoms. The minimum absolute atomic E-state index is 0.0713. The second-order valence-electron chi connectivity index (χ2n) is 9.73. The fourth-order valence-corrected chi connectivity index (χ4v) is 5.17. The molecule has 4 rings (SSSR count). The van der Waals surface area contributed by atoms with E-state index in [-0.39, 0.29) is 35.6 Å². The maximum absolute atomic E-state index is 12.9. The second-order valence-corrected chi connectivity index (χ2v) is 9.73. The number of amides is 3. The molecule has 0 atom stereocenters. The molecule has 1 aromatic heterocycles. The van der Waals surface area contributed by atoms with E-state index in [4.69, 9.17) is 0 Å². The van der Waals surface area contributed by atoms with E-state index in [1.807, 2.05) is 0 Å². The lowest BCUT2D eigenvalue weighted by molar-refractivity contribution is 0.0903. The molecule has 3 aliphatic rings. The predicted molar refractivity (Wildman–Crippen MR) is 123 cm³/mol. The van der Waals surface area contributed by atoms with E-state index >= 15 is 0 Å². The van der Waals surface area contributed by atoms with Gasteiger partial charge in [0.1, 0.15) is 0 Å². The van der Waals surface area contributed by atoms with Crippen LogP contribution >= 0.6 is 0 Å². The van der Waals surface area contributed by atoms with Crippen molar-refractivity contribution in [2.24, 2.45) is 0 Å². The molecule has 3 N–H and O–H groups in total. The van der Waals surface area contributed by atoms with Crippen LogP contribution in [0.2, 0.25) is 0 Å². The van der Waals surface area contributed by atoms with Crippen molar-refractivity contribution in [3.05, 3.63) is 17.5 Å². The molecule has 3 saturated carbocycles. The average molecular weight is 457 g/mol. The maximum atomic E-state index is 12.9. The van der Waals surface area contributed by atoms with E-state index in [2.05, 4.69) is 30.9 Å². The quantitative estimate of drug-likeness (QED) is 0.604. The standard InChI is InChI=1S/C24H36N6O3/c31-22(25-16-10-4-1-5-11-16)19-28-20(23(32)26-17-12-6-2-7-13-17)30-21(29-19)24(33)27-18-14-8-3-9-15-18/h16-18H,1-15H2,(H,25,31)(H,26,32)(H,27,33). The summed E-state index contributed by atoms with van der Waals surface area (Å²) in [5.74, 6) is -1.87. The van der Waals surface area contributed by atoms with Gasteiger partial charge in [-0.15, -0.1) is 0 Å². The first-order valence-electron chi connectivity index (χ1n) is 12.8. The molecule has 1 heterocycles. The molecule has 0 unspecified atom stereocenters. The first kappa shape index (κ1) is 23.6. The van der Waals surface area contributed by atoms with Crippen LogP contribution in [-0.4, -0.2) is 50.8 Å². The van der Waals surface area contributed by atoms with Crippen LogP contribution in [0.5, 0.6) is 0 Å². The third-order valence-electron chi connectivity index (χ3n) is 7.07. The highest BCUT2D eigenvalue weighted by Gasteiger charge is 2.26. The molecule has 3 aliphatic carbocycles. The zero-order valence-corrected chi connectivity index (χ0v) is 19.4. The lowest BCUT2D eigenvalue weighted by atomic mass is 9.95. The summed E-state index contributed by atoms with van der Waals surface area (Å²) in [5, 5.41) is 8.93. The molecule has 180 valence electrons. The van der Waals surface area contributed by atoms with E-state index in [1.54, 1.807) is 0 Å². The van der Waals surface area contributed by atoms with E-state index in [1.165, 1.54) is 19.3 Å². The van der Waals surface area contributed by atoms with Gasteiger partial charge in [-0.3, -0.25) is 14.4 Å². The topological polar surface area (TPSA) is 126 Å². The number of rotatable bonds is 6. The third kappa shape index (κ3) is 6.71. The van der Waals surface area contributed by atoms with Crippen molar-refractivity contribution in [2.75, 3.05) is 0 Å². The molecule has 0 saturated heterocycles. The maximum Gasteiger partial charge on any atom is 0.289 e. The van der Waals surface area contributed by atoms with Crippen LogP contribution in [0.1, 0.15) is 128 Å². The first-order chi connectivity index (χ1) is 16.1. The highest BCUT2D eigenvalue weighted by molar-refractivity contribution is 5.97. The van der Waals surface area contributed by atoms with Gasteiger partial charge < -0.3 is 16.0 Å². The molecule has 9 heteroatoms. The molecule has 3 fully saturated rings. The summed E-state index contributed by atoms with van der Waals surface area (Å²) in [7, 11) is 0. The van der Waals surface area contributed by atoms with Crippen LogP contribution in [0.25, 0.3) is 0 Å². The van der Waals surface area contributed by atoms with Crippen LogP contribution in [0, 0.1) is 0 Å². The van der Waals surface area contributed by atoms with Crippen molar-refractivity contribution in [1.29, 1.82) is 0 Å². The number of hydrogen-bond acceptors (Lipinski definition) is 6. The zero-order chi connectivity index (χ0) is 23.0. The van der Waals surface area contributed by atoms with E-state index in [0.717, 1.165) is 77.0 Å². The number of carbonyl (C=O) groups is 3. The Kier molecular flexibility index (Phi) is 8.23. The zero-order valence-electron chi connectivity index (χ0n) is 19.4. The minimum atomic E-state index is -0.456. The molecule has 9 nitrogen and oxygen atoms in total. The van der Waals surface area contributed by atoms with Gasteiger partial charge in [0.2, 0.25) is 17.5 Å². The predicted octanol–water partition coefficient (Wildman–Crippen LogP) is 3.06. The molecule has 0 aromatic carbocycles. The Morgan fingerprint density at radius 1 is 0.455 bits per heavy atom. The number of carbonyl (C=O) groups excluding carboxylic acids is 3. The summed E-state index contributed by atoms with van der Waals surface area (Å²) in [6.45, 7) is 0. The van der Waals surface area contributed by atoms with Crippen molar-refractivity contribution in [1.82, 2.24) is 30.9 Å². The van der Waals surface area contributed by atoms with Gasteiger partial charge in [-0.25, -0.2) is 0 Å². The Morgan fingerprint density at radius 2 is 0.697 bits per heavy atom. The first-order valence-corrected chi connectivity index (χ1v) is 12.8. The third-order valence-corrected chi connectivity index (χ3v) is 7.07. The summed E-state index contributed by atoms with van der Waals surface area (Å²) in [5.41, 5.74) is 0.